The van der Waals surface area contributed by atoms with Crippen LogP contribution in [0.25, 0.3) is 0 Å². The molecule has 1 aromatic heterocycles. The van der Waals surface area contributed by atoms with Gasteiger partial charge in [-0.15, -0.1) is 0 Å². The van der Waals surface area contributed by atoms with Crippen LogP contribution in [-0.2, 0) is 12.0 Å². The van der Waals surface area contributed by atoms with Crippen molar-refractivity contribution in [3.05, 3.63) is 95.8 Å². The Morgan fingerprint density at radius 1 is 1.00 bits per heavy atom. The van der Waals surface area contributed by atoms with E-state index in [0.29, 0.717) is 23.9 Å². The smallest absolute Gasteiger partial charge is 0.255 e. The molecular weight excluding hydrogens is 398 g/mol. The fourth-order valence-electron chi connectivity index (χ4n) is 4.66. The molecule has 5 heteroatoms. The molecule has 166 valence electrons. The molecule has 1 amide bonds. The molecule has 1 fully saturated rings. The lowest BCUT2D eigenvalue weighted by Gasteiger charge is -2.41. The number of carbonyl (C=O) groups excluding carboxylic acids is 1. The second-order valence-electron chi connectivity index (χ2n) is 8.51. The van der Waals surface area contributed by atoms with Gasteiger partial charge in [0.05, 0.1) is 18.4 Å². The molecule has 1 aliphatic carbocycles. The maximum absolute atomic E-state index is 13.0. The van der Waals surface area contributed by atoms with Gasteiger partial charge in [-0.3, -0.25) is 9.78 Å². The van der Waals surface area contributed by atoms with Gasteiger partial charge in [-0.25, -0.2) is 0 Å². The number of rotatable bonds is 8. The zero-order valence-electron chi connectivity index (χ0n) is 18.6. The van der Waals surface area contributed by atoms with Gasteiger partial charge in [0, 0.05) is 30.7 Å². The molecule has 1 aliphatic rings. The summed E-state index contributed by atoms with van der Waals surface area (Å²) in [6.45, 7) is 1.40. The van der Waals surface area contributed by atoms with Crippen LogP contribution in [0.1, 0.15) is 47.3 Å². The van der Waals surface area contributed by atoms with Gasteiger partial charge < -0.3 is 15.4 Å². The Kier molecular flexibility index (Phi) is 7.17. The van der Waals surface area contributed by atoms with E-state index in [2.05, 4.69) is 45.9 Å². The largest absolute Gasteiger partial charge is 0.496 e. The van der Waals surface area contributed by atoms with Gasteiger partial charge in [0.1, 0.15) is 5.75 Å². The molecule has 1 heterocycles. The Morgan fingerprint density at radius 2 is 1.72 bits per heavy atom. The predicted molar refractivity (Wildman–Crippen MR) is 127 cm³/mol. The average molecular weight is 430 g/mol. The summed E-state index contributed by atoms with van der Waals surface area (Å²) in [5.41, 5.74) is 2.87. The number of carbonyl (C=O) groups is 1. The van der Waals surface area contributed by atoms with Crippen LogP contribution in [-0.4, -0.2) is 30.6 Å². The second-order valence-corrected chi connectivity index (χ2v) is 8.51. The van der Waals surface area contributed by atoms with Gasteiger partial charge >= 0.3 is 0 Å². The van der Waals surface area contributed by atoms with E-state index in [-0.39, 0.29) is 11.3 Å². The molecule has 0 bridgehead atoms. The number of pyridine rings is 1. The van der Waals surface area contributed by atoms with Crippen molar-refractivity contribution in [2.24, 2.45) is 0 Å². The average Bonchev–Trinajstić information content (AvgIpc) is 2.88. The number of hydrogen-bond donors (Lipinski definition) is 2. The van der Waals surface area contributed by atoms with Crippen LogP contribution in [0.2, 0.25) is 0 Å². The summed E-state index contributed by atoms with van der Waals surface area (Å²) in [4.78, 5) is 17.4. The van der Waals surface area contributed by atoms with Crippen molar-refractivity contribution >= 4 is 5.91 Å². The molecule has 4 rings (SSSR count). The first kappa shape index (κ1) is 22.0. The molecular formula is C27H31N3O2. The van der Waals surface area contributed by atoms with Crippen LogP contribution >= 0.6 is 0 Å². The Hall–Kier alpha value is -3.18. The SMILES string of the molecule is COc1ccccc1C(=O)NC[C@]1(c2ccccc2)CC[C@@H](NCc2ccccn2)CC1. The number of para-hydroxylation sites is 1. The van der Waals surface area contributed by atoms with E-state index in [0.717, 1.165) is 37.9 Å². The summed E-state index contributed by atoms with van der Waals surface area (Å²) in [6, 6.07) is 24.4. The first-order valence-electron chi connectivity index (χ1n) is 11.3. The van der Waals surface area contributed by atoms with Crippen molar-refractivity contribution in [3.8, 4) is 5.75 Å². The number of nitrogens with zero attached hydrogens (tertiary/aromatic N) is 1. The number of benzene rings is 2. The third-order valence-corrected chi connectivity index (χ3v) is 6.57. The lowest BCUT2D eigenvalue weighted by Crippen LogP contribution is -2.46. The van der Waals surface area contributed by atoms with Gasteiger partial charge in [0.25, 0.3) is 5.91 Å². The van der Waals surface area contributed by atoms with Crippen LogP contribution in [0.15, 0.2) is 79.0 Å². The van der Waals surface area contributed by atoms with E-state index in [9.17, 15) is 4.79 Å². The molecule has 0 spiro atoms. The van der Waals surface area contributed by atoms with E-state index >= 15 is 0 Å². The first-order valence-corrected chi connectivity index (χ1v) is 11.3. The minimum atomic E-state index is -0.0897. The van der Waals surface area contributed by atoms with Crippen molar-refractivity contribution in [2.45, 2.75) is 43.7 Å². The van der Waals surface area contributed by atoms with Crippen LogP contribution < -0.4 is 15.4 Å². The summed E-state index contributed by atoms with van der Waals surface area (Å²) in [5, 5.41) is 6.87. The normalized spacial score (nSPS) is 20.5. The summed E-state index contributed by atoms with van der Waals surface area (Å²) in [5.74, 6) is 0.509. The summed E-state index contributed by atoms with van der Waals surface area (Å²) < 4.78 is 5.37. The fourth-order valence-corrected chi connectivity index (χ4v) is 4.66. The number of methoxy groups -OCH3 is 1. The van der Waals surface area contributed by atoms with Crippen molar-refractivity contribution in [1.29, 1.82) is 0 Å². The maximum Gasteiger partial charge on any atom is 0.255 e. The highest BCUT2D eigenvalue weighted by atomic mass is 16.5. The third kappa shape index (κ3) is 5.17. The van der Waals surface area contributed by atoms with E-state index < -0.39 is 0 Å². The molecule has 2 N–H and O–H groups in total. The lowest BCUT2D eigenvalue weighted by atomic mass is 9.68. The molecule has 2 aromatic carbocycles. The van der Waals surface area contributed by atoms with Crippen molar-refractivity contribution in [2.75, 3.05) is 13.7 Å². The van der Waals surface area contributed by atoms with Gasteiger partial charge in [0.15, 0.2) is 0 Å². The molecule has 0 aliphatic heterocycles. The molecule has 0 atom stereocenters. The fraction of sp³-hybridized carbons (Fsp3) is 0.333. The van der Waals surface area contributed by atoms with Crippen molar-refractivity contribution < 1.29 is 9.53 Å². The first-order chi connectivity index (χ1) is 15.7. The lowest BCUT2D eigenvalue weighted by molar-refractivity contribution is 0.0931. The van der Waals surface area contributed by atoms with Gasteiger partial charge in [-0.1, -0.05) is 48.5 Å². The van der Waals surface area contributed by atoms with Crippen LogP contribution in [0.5, 0.6) is 5.75 Å². The highest BCUT2D eigenvalue weighted by Crippen LogP contribution is 2.39. The zero-order valence-corrected chi connectivity index (χ0v) is 18.6. The van der Waals surface area contributed by atoms with Crippen LogP contribution in [0.4, 0.5) is 0 Å². The third-order valence-electron chi connectivity index (χ3n) is 6.57. The summed E-state index contributed by atoms with van der Waals surface area (Å²) in [7, 11) is 1.59. The zero-order chi connectivity index (χ0) is 22.2. The predicted octanol–water partition coefficient (Wildman–Crippen LogP) is 4.49. The molecule has 1 saturated carbocycles. The molecule has 0 radical (unpaired) electrons. The van der Waals surface area contributed by atoms with E-state index in [1.54, 1.807) is 7.11 Å². The molecule has 32 heavy (non-hydrogen) atoms. The Balaban J connectivity index is 1.43. The number of hydrogen-bond acceptors (Lipinski definition) is 4. The van der Waals surface area contributed by atoms with Gasteiger partial charge in [-0.2, -0.15) is 0 Å². The number of nitrogens with one attached hydrogen (secondary N) is 2. The molecule has 3 aromatic rings. The van der Waals surface area contributed by atoms with E-state index in [1.807, 2.05) is 48.7 Å². The standard InChI is InChI=1S/C27H31N3O2/c1-32-25-13-6-5-12-24(25)26(31)30-20-27(21-9-3-2-4-10-21)16-14-22(15-17-27)29-19-23-11-7-8-18-28-23/h2-13,18,22,29H,14-17,19-20H2,1H3,(H,30,31)/t22-,27+. The second kappa shape index (κ2) is 10.4. The Morgan fingerprint density at radius 3 is 2.44 bits per heavy atom. The summed E-state index contributed by atoms with van der Waals surface area (Å²) >= 11 is 0. The van der Waals surface area contributed by atoms with Crippen LogP contribution in [0.3, 0.4) is 0 Å². The molecule has 0 unspecified atom stereocenters. The minimum Gasteiger partial charge on any atom is -0.496 e. The topological polar surface area (TPSA) is 63.2 Å². The van der Waals surface area contributed by atoms with Crippen molar-refractivity contribution in [3.63, 3.8) is 0 Å². The number of amides is 1. The Bertz CT molecular complexity index is 1000. The van der Waals surface area contributed by atoms with Gasteiger partial charge in [-0.05, 0) is 55.5 Å². The number of ether oxygens (including phenoxy) is 1. The van der Waals surface area contributed by atoms with Gasteiger partial charge in [0.2, 0.25) is 0 Å². The number of aromatic nitrogens is 1. The van der Waals surface area contributed by atoms with Crippen molar-refractivity contribution in [1.82, 2.24) is 15.6 Å². The highest BCUT2D eigenvalue weighted by Gasteiger charge is 2.37. The Labute approximate surface area is 190 Å². The monoisotopic (exact) mass is 429 g/mol. The molecule has 5 nitrogen and oxygen atoms in total. The summed E-state index contributed by atoms with van der Waals surface area (Å²) in [6.07, 6.45) is 5.99. The maximum atomic E-state index is 13.0. The highest BCUT2D eigenvalue weighted by molar-refractivity contribution is 5.96. The van der Waals surface area contributed by atoms with E-state index in [4.69, 9.17) is 4.74 Å². The quantitative estimate of drug-likeness (QED) is 0.554. The molecule has 0 saturated heterocycles. The van der Waals surface area contributed by atoms with Crippen LogP contribution in [0, 0.1) is 0 Å². The van der Waals surface area contributed by atoms with E-state index in [1.165, 1.54) is 5.56 Å². The minimum absolute atomic E-state index is 0.0673.